The molecule has 5 atom stereocenters. The third kappa shape index (κ3) is 5.56. The van der Waals surface area contributed by atoms with E-state index in [0.29, 0.717) is 18.4 Å². The highest BCUT2D eigenvalue weighted by molar-refractivity contribution is 6.03. The number of hydrogen-bond acceptors (Lipinski definition) is 6. The van der Waals surface area contributed by atoms with Crippen LogP contribution in [-0.4, -0.2) is 60.9 Å². The van der Waals surface area contributed by atoms with Crippen molar-refractivity contribution in [2.45, 2.75) is 76.9 Å². The molecular weight excluding hydrogens is 565 g/mol. The number of carbonyl (C=O) groups excluding carboxylic acids is 1. The van der Waals surface area contributed by atoms with E-state index in [1.807, 2.05) is 20.8 Å². The number of rotatable bonds is 4. The Labute approximate surface area is 246 Å². The Morgan fingerprint density at radius 1 is 1.09 bits per heavy atom. The summed E-state index contributed by atoms with van der Waals surface area (Å²) in [6.07, 6.45) is 1.19. The van der Waals surface area contributed by atoms with E-state index in [4.69, 9.17) is 4.74 Å². The zero-order valence-electron chi connectivity index (χ0n) is 24.1. The van der Waals surface area contributed by atoms with Gasteiger partial charge in [-0.15, -0.1) is 0 Å². The number of nitrogens with zero attached hydrogens (tertiary/aromatic N) is 3. The summed E-state index contributed by atoms with van der Waals surface area (Å²) < 4.78 is 49.6. The molecule has 1 aromatic carbocycles. The van der Waals surface area contributed by atoms with Gasteiger partial charge in [-0.3, -0.25) is 14.7 Å². The number of hydrogen-bond donors (Lipinski definition) is 3. The number of carbonyl (C=O) groups is 2. The van der Waals surface area contributed by atoms with Gasteiger partial charge in [-0.25, -0.2) is 22.9 Å². The lowest BCUT2D eigenvalue weighted by Gasteiger charge is -2.58. The standard InChI is InChI=1S/C31H33F3N4O5/c1-16-31(42)12-10-24(30(2,3)4)38(29(40)41)25(31)14-23(43-16)17-11-13-35-15-22(17)37-28(39)21-9-8-20(34)27(36-21)26-18(32)6-5-7-19(26)33/h5-9,11,13,15-16,23-25,42H,10,12,14H2,1-4H3,(H,37,39)(H,40,41)/t16-,23-,24?,25-,31-/m1/s1. The molecule has 9 nitrogen and oxygen atoms in total. The highest BCUT2D eigenvalue weighted by Gasteiger charge is 2.57. The molecule has 4 heterocycles. The van der Waals surface area contributed by atoms with Crippen LogP contribution >= 0.6 is 0 Å². The second kappa shape index (κ2) is 11.2. The molecule has 2 aromatic heterocycles. The molecule has 1 unspecified atom stereocenters. The highest BCUT2D eigenvalue weighted by Crippen LogP contribution is 2.49. The average Bonchev–Trinajstić information content (AvgIpc) is 2.93. The van der Waals surface area contributed by atoms with Gasteiger partial charge in [0.05, 0.1) is 35.7 Å². The third-order valence-corrected chi connectivity index (χ3v) is 8.53. The van der Waals surface area contributed by atoms with E-state index in [2.05, 4.69) is 15.3 Å². The van der Waals surface area contributed by atoms with E-state index in [1.54, 1.807) is 13.0 Å². The van der Waals surface area contributed by atoms with Crippen LogP contribution < -0.4 is 5.32 Å². The SMILES string of the molecule is C[C@H]1O[C@@H](c2ccncc2NC(=O)c2ccc(F)c(-c3c(F)cccc3F)n2)C[C@H]2N(C(=O)O)C(C(C)(C)C)CC[C@@]12O. The van der Waals surface area contributed by atoms with E-state index in [0.717, 1.165) is 30.3 Å². The van der Waals surface area contributed by atoms with Crippen LogP contribution in [0.5, 0.6) is 0 Å². The van der Waals surface area contributed by atoms with Crippen LogP contribution in [-0.2, 0) is 4.74 Å². The minimum atomic E-state index is -1.41. The Morgan fingerprint density at radius 2 is 1.79 bits per heavy atom. The average molecular weight is 599 g/mol. The quantitative estimate of drug-likeness (QED) is 0.339. The number of amides is 2. The highest BCUT2D eigenvalue weighted by atomic mass is 19.1. The number of piperidine rings is 1. The molecule has 43 heavy (non-hydrogen) atoms. The molecule has 0 spiro atoms. The van der Waals surface area contributed by atoms with Crippen molar-refractivity contribution in [2.75, 3.05) is 5.32 Å². The molecule has 2 saturated heterocycles. The van der Waals surface area contributed by atoms with Gasteiger partial charge in [0.15, 0.2) is 0 Å². The van der Waals surface area contributed by atoms with Crippen LogP contribution in [0.1, 0.15) is 69.1 Å². The summed E-state index contributed by atoms with van der Waals surface area (Å²) in [6.45, 7) is 7.58. The summed E-state index contributed by atoms with van der Waals surface area (Å²) in [7, 11) is 0. The molecule has 2 aliphatic heterocycles. The first-order valence-electron chi connectivity index (χ1n) is 14.0. The van der Waals surface area contributed by atoms with Crippen molar-refractivity contribution in [3.8, 4) is 11.3 Å². The van der Waals surface area contributed by atoms with Crippen molar-refractivity contribution in [1.82, 2.24) is 14.9 Å². The van der Waals surface area contributed by atoms with E-state index in [1.165, 1.54) is 17.3 Å². The van der Waals surface area contributed by atoms with Crippen LogP contribution in [0.15, 0.2) is 48.8 Å². The first-order valence-corrected chi connectivity index (χ1v) is 14.0. The fourth-order valence-corrected chi connectivity index (χ4v) is 6.31. The first kappa shape index (κ1) is 30.4. The van der Waals surface area contributed by atoms with E-state index < -0.39 is 64.6 Å². The maximum Gasteiger partial charge on any atom is 0.407 e. The number of ether oxygens (including phenoxy) is 1. The van der Waals surface area contributed by atoms with Crippen LogP contribution in [0.4, 0.5) is 23.7 Å². The largest absolute Gasteiger partial charge is 0.465 e. The number of pyridine rings is 2. The Balaban J connectivity index is 1.45. The topological polar surface area (TPSA) is 125 Å². The number of carboxylic acid groups (broad SMARTS) is 1. The smallest absolute Gasteiger partial charge is 0.407 e. The van der Waals surface area contributed by atoms with Gasteiger partial charge in [0.25, 0.3) is 5.91 Å². The van der Waals surface area contributed by atoms with E-state index in [9.17, 15) is 33.0 Å². The first-order chi connectivity index (χ1) is 20.2. The van der Waals surface area contributed by atoms with Gasteiger partial charge in [0, 0.05) is 24.2 Å². The second-order valence-electron chi connectivity index (χ2n) is 12.2. The lowest BCUT2D eigenvalue weighted by atomic mass is 9.69. The van der Waals surface area contributed by atoms with E-state index in [-0.39, 0.29) is 29.3 Å². The van der Waals surface area contributed by atoms with Crippen molar-refractivity contribution in [3.63, 3.8) is 0 Å². The lowest BCUT2D eigenvalue weighted by molar-refractivity contribution is -0.229. The molecule has 3 N–H and O–H groups in total. The van der Waals surface area contributed by atoms with Gasteiger partial charge in [-0.2, -0.15) is 0 Å². The summed E-state index contributed by atoms with van der Waals surface area (Å²) in [5.74, 6) is -3.88. The van der Waals surface area contributed by atoms with Crippen molar-refractivity contribution >= 4 is 17.7 Å². The molecule has 0 bridgehead atoms. The maximum absolute atomic E-state index is 14.6. The van der Waals surface area contributed by atoms with Crippen LogP contribution in [0.2, 0.25) is 0 Å². The fourth-order valence-electron chi connectivity index (χ4n) is 6.31. The number of fused-ring (bicyclic) bond motifs is 1. The number of aromatic nitrogens is 2. The van der Waals surface area contributed by atoms with Gasteiger partial charge in [-0.1, -0.05) is 26.8 Å². The van der Waals surface area contributed by atoms with Crippen LogP contribution in [0.3, 0.4) is 0 Å². The maximum atomic E-state index is 14.6. The van der Waals surface area contributed by atoms with Crippen molar-refractivity contribution < 1.29 is 37.7 Å². The number of anilines is 1. The van der Waals surface area contributed by atoms with Crippen LogP contribution in [0.25, 0.3) is 11.3 Å². The Kier molecular flexibility index (Phi) is 7.95. The molecule has 3 aromatic rings. The molecule has 228 valence electrons. The number of halogens is 3. The normalized spacial score (nSPS) is 25.6. The molecule has 2 amide bonds. The molecule has 12 heteroatoms. The molecule has 2 aliphatic rings. The number of benzene rings is 1. The number of aliphatic hydroxyl groups is 1. The number of nitrogens with one attached hydrogen (secondary N) is 1. The van der Waals surface area contributed by atoms with Gasteiger partial charge in [0.2, 0.25) is 0 Å². The van der Waals surface area contributed by atoms with Gasteiger partial charge < -0.3 is 20.3 Å². The second-order valence-corrected chi connectivity index (χ2v) is 12.2. The van der Waals surface area contributed by atoms with Crippen molar-refractivity contribution in [3.05, 3.63) is 77.5 Å². The van der Waals surface area contributed by atoms with Gasteiger partial charge >= 0.3 is 6.09 Å². The monoisotopic (exact) mass is 598 g/mol. The van der Waals surface area contributed by atoms with Crippen LogP contribution in [0, 0.1) is 22.9 Å². The number of likely N-dealkylation sites (tertiary alicyclic amines) is 1. The Hall–Kier alpha value is -4.03. The lowest BCUT2D eigenvalue weighted by Crippen LogP contribution is -2.70. The minimum Gasteiger partial charge on any atom is -0.465 e. The predicted molar refractivity (Wildman–Crippen MR) is 151 cm³/mol. The predicted octanol–water partition coefficient (Wildman–Crippen LogP) is 5.95. The molecular formula is C31H33F3N4O5. The fraction of sp³-hybridized carbons (Fsp3) is 0.419. The summed E-state index contributed by atoms with van der Waals surface area (Å²) in [5, 5.41) is 24.6. The molecule has 5 rings (SSSR count). The summed E-state index contributed by atoms with van der Waals surface area (Å²) in [4.78, 5) is 35.2. The minimum absolute atomic E-state index is 0.109. The zero-order valence-corrected chi connectivity index (χ0v) is 24.1. The summed E-state index contributed by atoms with van der Waals surface area (Å²) in [6, 6.07) is 5.53. The molecule has 2 fully saturated rings. The third-order valence-electron chi connectivity index (χ3n) is 8.53. The summed E-state index contributed by atoms with van der Waals surface area (Å²) >= 11 is 0. The van der Waals surface area contributed by atoms with Crippen molar-refractivity contribution in [1.29, 1.82) is 0 Å². The molecule has 0 saturated carbocycles. The zero-order chi connectivity index (χ0) is 31.3. The van der Waals surface area contributed by atoms with Gasteiger partial charge in [-0.05, 0) is 55.5 Å². The molecule has 0 radical (unpaired) electrons. The Bertz CT molecular complexity index is 1540. The Morgan fingerprint density at radius 3 is 2.44 bits per heavy atom. The van der Waals surface area contributed by atoms with Crippen molar-refractivity contribution in [2.24, 2.45) is 5.41 Å². The van der Waals surface area contributed by atoms with E-state index >= 15 is 0 Å². The van der Waals surface area contributed by atoms with Gasteiger partial charge in [0.1, 0.15) is 34.4 Å². The summed E-state index contributed by atoms with van der Waals surface area (Å²) in [5.41, 5.74) is -2.76. The molecule has 0 aliphatic carbocycles.